The number of para-hydroxylation sites is 1. The molecule has 130 valence electrons. The first-order valence-electron chi connectivity index (χ1n) is 9.18. The minimum atomic E-state index is -0.524. The van der Waals surface area contributed by atoms with Crippen molar-refractivity contribution in [3.05, 3.63) is 29.8 Å². The van der Waals surface area contributed by atoms with E-state index in [1.165, 1.54) is 0 Å². The van der Waals surface area contributed by atoms with E-state index in [-0.39, 0.29) is 17.6 Å². The fraction of sp³-hybridized carbons (Fsp3) is 0.600. The molecule has 1 aromatic rings. The van der Waals surface area contributed by atoms with Crippen molar-refractivity contribution in [3.63, 3.8) is 0 Å². The molecule has 2 aliphatic rings. The Balaban J connectivity index is 1.73. The highest BCUT2D eigenvalue weighted by Crippen LogP contribution is 2.39. The number of rotatable bonds is 5. The number of ketones is 1. The van der Waals surface area contributed by atoms with Crippen LogP contribution in [0.15, 0.2) is 24.3 Å². The van der Waals surface area contributed by atoms with Gasteiger partial charge in [0.2, 0.25) is 5.91 Å². The number of carbonyl (C=O) groups excluding carboxylic acids is 2. The van der Waals surface area contributed by atoms with E-state index < -0.39 is 5.60 Å². The standard InChI is InChI=1S/C20H27NO3/c1-3-7-15(8-4-2)19(23)21-12-11-20(14-21)13-17(22)16-9-5-6-10-18(16)24-20/h5-6,9-10,15H,3-4,7-8,11-14H2,1-2H3. The average Bonchev–Trinajstić information content (AvgIpc) is 2.97. The Kier molecular flexibility index (Phi) is 4.93. The molecule has 0 N–H and O–H groups in total. The Morgan fingerprint density at radius 1 is 1.25 bits per heavy atom. The quantitative estimate of drug-likeness (QED) is 0.824. The lowest BCUT2D eigenvalue weighted by Gasteiger charge is -2.35. The molecule has 24 heavy (non-hydrogen) atoms. The largest absolute Gasteiger partial charge is 0.484 e. The zero-order valence-corrected chi connectivity index (χ0v) is 14.7. The first-order chi connectivity index (χ1) is 11.6. The molecular formula is C20H27NO3. The molecule has 0 aliphatic carbocycles. The number of benzene rings is 1. The highest BCUT2D eigenvalue weighted by atomic mass is 16.5. The number of likely N-dealkylation sites (tertiary alicyclic amines) is 1. The van der Waals surface area contributed by atoms with Gasteiger partial charge in [0.15, 0.2) is 5.78 Å². The Morgan fingerprint density at radius 3 is 2.67 bits per heavy atom. The number of hydrogen-bond acceptors (Lipinski definition) is 3. The average molecular weight is 329 g/mol. The van der Waals surface area contributed by atoms with Crippen molar-refractivity contribution in [1.29, 1.82) is 0 Å². The highest BCUT2D eigenvalue weighted by molar-refractivity contribution is 6.00. The molecule has 1 unspecified atom stereocenters. The molecule has 4 heteroatoms. The second-order valence-corrected chi connectivity index (χ2v) is 7.17. The van der Waals surface area contributed by atoms with Gasteiger partial charge in [-0.15, -0.1) is 0 Å². The minimum absolute atomic E-state index is 0.113. The lowest BCUT2D eigenvalue weighted by Crippen LogP contribution is -2.46. The fourth-order valence-electron chi connectivity index (χ4n) is 4.05. The molecule has 2 aliphatic heterocycles. The van der Waals surface area contributed by atoms with E-state index in [1.807, 2.05) is 29.2 Å². The molecule has 0 bridgehead atoms. The summed E-state index contributed by atoms with van der Waals surface area (Å²) in [5, 5.41) is 0. The van der Waals surface area contributed by atoms with Gasteiger partial charge in [-0.3, -0.25) is 9.59 Å². The fourth-order valence-corrected chi connectivity index (χ4v) is 4.05. The molecule has 0 saturated carbocycles. The molecule has 1 spiro atoms. The van der Waals surface area contributed by atoms with E-state index in [4.69, 9.17) is 4.74 Å². The zero-order valence-electron chi connectivity index (χ0n) is 14.7. The second kappa shape index (κ2) is 6.96. The van der Waals surface area contributed by atoms with Crippen LogP contribution in [0.1, 0.15) is 62.7 Å². The zero-order chi connectivity index (χ0) is 17.2. The number of ether oxygens (including phenoxy) is 1. The number of nitrogens with zero attached hydrogens (tertiary/aromatic N) is 1. The maximum Gasteiger partial charge on any atom is 0.225 e. The number of Topliss-reactive ketones (excluding diaryl/α,β-unsaturated/α-hetero) is 1. The van der Waals surface area contributed by atoms with Gasteiger partial charge in [0.05, 0.1) is 18.5 Å². The van der Waals surface area contributed by atoms with Crippen LogP contribution in [0.25, 0.3) is 0 Å². The Hall–Kier alpha value is -1.84. The van der Waals surface area contributed by atoms with E-state index in [9.17, 15) is 9.59 Å². The number of carbonyl (C=O) groups is 2. The summed E-state index contributed by atoms with van der Waals surface area (Å²) in [6, 6.07) is 7.43. The summed E-state index contributed by atoms with van der Waals surface area (Å²) in [6.45, 7) is 5.48. The van der Waals surface area contributed by atoms with Crippen LogP contribution in [0, 0.1) is 5.92 Å². The van der Waals surface area contributed by atoms with E-state index in [0.29, 0.717) is 30.8 Å². The van der Waals surface area contributed by atoms with Crippen molar-refractivity contribution in [2.75, 3.05) is 13.1 Å². The van der Waals surface area contributed by atoms with Crippen molar-refractivity contribution in [2.24, 2.45) is 5.92 Å². The molecule has 1 fully saturated rings. The molecule has 0 aromatic heterocycles. The molecule has 1 saturated heterocycles. The molecule has 2 heterocycles. The van der Waals surface area contributed by atoms with Gasteiger partial charge >= 0.3 is 0 Å². The second-order valence-electron chi connectivity index (χ2n) is 7.17. The van der Waals surface area contributed by atoms with E-state index in [0.717, 1.165) is 32.1 Å². The normalized spacial score (nSPS) is 22.8. The van der Waals surface area contributed by atoms with E-state index in [1.54, 1.807) is 0 Å². The molecular weight excluding hydrogens is 302 g/mol. The first-order valence-corrected chi connectivity index (χ1v) is 9.18. The third kappa shape index (κ3) is 3.19. The Labute approximate surface area is 144 Å². The van der Waals surface area contributed by atoms with Crippen LogP contribution in [0.5, 0.6) is 5.75 Å². The summed E-state index contributed by atoms with van der Waals surface area (Å²) in [4.78, 5) is 27.3. The molecule has 1 atom stereocenters. The molecule has 1 aromatic carbocycles. The smallest absolute Gasteiger partial charge is 0.225 e. The number of hydrogen-bond donors (Lipinski definition) is 0. The van der Waals surface area contributed by atoms with Gasteiger partial charge in [-0.05, 0) is 25.0 Å². The van der Waals surface area contributed by atoms with Crippen LogP contribution in [-0.4, -0.2) is 35.3 Å². The molecule has 1 amide bonds. The van der Waals surface area contributed by atoms with Crippen LogP contribution < -0.4 is 4.74 Å². The first kappa shape index (κ1) is 17.0. The van der Waals surface area contributed by atoms with Crippen molar-refractivity contribution in [1.82, 2.24) is 4.90 Å². The minimum Gasteiger partial charge on any atom is -0.484 e. The van der Waals surface area contributed by atoms with Crippen molar-refractivity contribution < 1.29 is 14.3 Å². The van der Waals surface area contributed by atoms with Gasteiger partial charge in [0.25, 0.3) is 0 Å². The van der Waals surface area contributed by atoms with Gasteiger partial charge < -0.3 is 9.64 Å². The summed E-state index contributed by atoms with van der Waals surface area (Å²) in [5.41, 5.74) is 0.145. The molecule has 3 rings (SSSR count). The van der Waals surface area contributed by atoms with Crippen LogP contribution in [0.3, 0.4) is 0 Å². The lowest BCUT2D eigenvalue weighted by molar-refractivity contribution is -0.135. The van der Waals surface area contributed by atoms with Crippen LogP contribution in [0.4, 0.5) is 0 Å². The molecule has 4 nitrogen and oxygen atoms in total. The summed E-state index contributed by atoms with van der Waals surface area (Å²) in [6.07, 6.45) is 5.05. The predicted molar refractivity (Wildman–Crippen MR) is 93.3 cm³/mol. The summed E-state index contributed by atoms with van der Waals surface area (Å²) in [5.74, 6) is 1.15. The van der Waals surface area contributed by atoms with Crippen LogP contribution >= 0.6 is 0 Å². The van der Waals surface area contributed by atoms with Crippen LogP contribution in [0.2, 0.25) is 0 Å². The number of fused-ring (bicyclic) bond motifs is 1. The summed E-state index contributed by atoms with van der Waals surface area (Å²) in [7, 11) is 0. The number of amides is 1. The van der Waals surface area contributed by atoms with Crippen molar-refractivity contribution >= 4 is 11.7 Å². The maximum absolute atomic E-state index is 12.9. The highest BCUT2D eigenvalue weighted by Gasteiger charge is 2.47. The summed E-state index contributed by atoms with van der Waals surface area (Å²) >= 11 is 0. The Morgan fingerprint density at radius 2 is 1.96 bits per heavy atom. The van der Waals surface area contributed by atoms with E-state index in [2.05, 4.69) is 13.8 Å². The van der Waals surface area contributed by atoms with Crippen LogP contribution in [-0.2, 0) is 4.79 Å². The van der Waals surface area contributed by atoms with Gasteiger partial charge in [-0.25, -0.2) is 0 Å². The third-order valence-electron chi connectivity index (χ3n) is 5.25. The van der Waals surface area contributed by atoms with Crippen molar-refractivity contribution in [2.45, 2.75) is 58.0 Å². The Bertz CT molecular complexity index is 621. The third-order valence-corrected chi connectivity index (χ3v) is 5.25. The van der Waals surface area contributed by atoms with Crippen molar-refractivity contribution in [3.8, 4) is 5.75 Å². The van der Waals surface area contributed by atoms with Gasteiger partial charge in [0, 0.05) is 18.9 Å². The summed E-state index contributed by atoms with van der Waals surface area (Å²) < 4.78 is 6.22. The lowest BCUT2D eigenvalue weighted by atomic mass is 9.89. The maximum atomic E-state index is 12.9. The SMILES string of the molecule is CCCC(CCC)C(=O)N1CCC2(CC(=O)c3ccccc3O2)C1. The van der Waals surface area contributed by atoms with Gasteiger partial charge in [-0.2, -0.15) is 0 Å². The molecule has 0 radical (unpaired) electrons. The topological polar surface area (TPSA) is 46.6 Å². The monoisotopic (exact) mass is 329 g/mol. The predicted octanol–water partition coefficient (Wildman–Crippen LogP) is 3.84. The van der Waals surface area contributed by atoms with Gasteiger partial charge in [0.1, 0.15) is 11.4 Å². The van der Waals surface area contributed by atoms with Gasteiger partial charge in [-0.1, -0.05) is 38.8 Å². The van der Waals surface area contributed by atoms with E-state index >= 15 is 0 Å².